The van der Waals surface area contributed by atoms with E-state index in [0.717, 1.165) is 6.54 Å². The van der Waals surface area contributed by atoms with Crippen LogP contribution in [-0.4, -0.2) is 66.8 Å². The van der Waals surface area contributed by atoms with Gasteiger partial charge in [0.25, 0.3) is 5.56 Å². The molecule has 1 N–H and O–H groups in total. The summed E-state index contributed by atoms with van der Waals surface area (Å²) in [4.78, 5) is 27.0. The van der Waals surface area contributed by atoms with Crippen LogP contribution >= 0.6 is 15.9 Å². The van der Waals surface area contributed by atoms with Crippen molar-refractivity contribution in [3.05, 3.63) is 21.0 Å². The number of aromatic nitrogens is 2. The van der Waals surface area contributed by atoms with Gasteiger partial charge in [0.1, 0.15) is 4.47 Å². The molecule has 0 aliphatic carbocycles. The Labute approximate surface area is 126 Å². The number of anilines is 1. The number of carbonyl (C=O) groups is 1. The van der Waals surface area contributed by atoms with Crippen LogP contribution in [0.3, 0.4) is 0 Å². The van der Waals surface area contributed by atoms with Gasteiger partial charge in [0.05, 0.1) is 25.0 Å². The zero-order valence-corrected chi connectivity index (χ0v) is 13.8. The first-order chi connectivity index (χ1) is 9.32. The first kappa shape index (κ1) is 16.6. The van der Waals surface area contributed by atoms with Crippen molar-refractivity contribution in [1.82, 2.24) is 19.6 Å². The lowest BCUT2D eigenvalue weighted by molar-refractivity contribution is -0.126. The van der Waals surface area contributed by atoms with Crippen molar-refractivity contribution in [2.24, 2.45) is 0 Å². The molecule has 1 amide bonds. The van der Waals surface area contributed by atoms with Crippen LogP contribution in [0.15, 0.2) is 15.5 Å². The Hall–Kier alpha value is -1.41. The quantitative estimate of drug-likeness (QED) is 0.789. The average molecular weight is 346 g/mol. The third kappa shape index (κ3) is 4.61. The first-order valence-corrected chi connectivity index (χ1v) is 6.96. The van der Waals surface area contributed by atoms with E-state index in [9.17, 15) is 9.59 Å². The third-order valence-corrected chi connectivity index (χ3v) is 3.44. The van der Waals surface area contributed by atoms with E-state index < -0.39 is 0 Å². The fourth-order valence-electron chi connectivity index (χ4n) is 1.37. The Bertz CT molecular complexity index is 527. The van der Waals surface area contributed by atoms with Crippen molar-refractivity contribution in [2.45, 2.75) is 6.54 Å². The van der Waals surface area contributed by atoms with Crippen molar-refractivity contribution < 1.29 is 4.79 Å². The molecule has 20 heavy (non-hydrogen) atoms. The highest BCUT2D eigenvalue weighted by atomic mass is 79.9. The highest BCUT2D eigenvalue weighted by Gasteiger charge is 2.10. The number of amides is 1. The zero-order chi connectivity index (χ0) is 15.3. The standard InChI is InChI=1S/C12H20BrN5O2/c1-16(2)5-6-18-12(20)11(13)9(7-15-18)14-8-10(19)17(3)4/h7,14H,5-6,8H2,1-4H3. The summed E-state index contributed by atoms with van der Waals surface area (Å²) < 4.78 is 1.78. The van der Waals surface area contributed by atoms with E-state index in [2.05, 4.69) is 26.3 Å². The van der Waals surface area contributed by atoms with E-state index in [1.54, 1.807) is 20.3 Å². The summed E-state index contributed by atoms with van der Waals surface area (Å²) in [7, 11) is 7.22. The van der Waals surface area contributed by atoms with Gasteiger partial charge in [-0.05, 0) is 30.0 Å². The summed E-state index contributed by atoms with van der Waals surface area (Å²) in [6.07, 6.45) is 1.55. The minimum atomic E-state index is -0.214. The van der Waals surface area contributed by atoms with Gasteiger partial charge >= 0.3 is 0 Å². The molecule has 8 heteroatoms. The van der Waals surface area contributed by atoms with E-state index in [0.29, 0.717) is 16.7 Å². The van der Waals surface area contributed by atoms with Crippen LogP contribution in [0.5, 0.6) is 0 Å². The molecule has 0 radical (unpaired) electrons. The molecule has 1 aromatic rings. The van der Waals surface area contributed by atoms with Gasteiger partial charge in [-0.15, -0.1) is 0 Å². The second-order valence-corrected chi connectivity index (χ2v) is 5.64. The molecule has 0 atom stereocenters. The summed E-state index contributed by atoms with van der Waals surface area (Å²) in [5.74, 6) is -0.0753. The molecule has 0 fully saturated rings. The van der Waals surface area contributed by atoms with Crippen LogP contribution < -0.4 is 10.9 Å². The van der Waals surface area contributed by atoms with Crippen LogP contribution in [0.2, 0.25) is 0 Å². The van der Waals surface area contributed by atoms with Crippen molar-refractivity contribution in [2.75, 3.05) is 46.6 Å². The molecule has 1 rings (SSSR count). The third-order valence-electron chi connectivity index (χ3n) is 2.67. The van der Waals surface area contributed by atoms with E-state index in [1.807, 2.05) is 19.0 Å². The normalized spacial score (nSPS) is 10.7. The highest BCUT2D eigenvalue weighted by molar-refractivity contribution is 9.10. The van der Waals surface area contributed by atoms with E-state index in [1.165, 1.54) is 9.58 Å². The molecule has 112 valence electrons. The Morgan fingerprint density at radius 3 is 2.60 bits per heavy atom. The molecule has 0 saturated carbocycles. The lowest BCUT2D eigenvalue weighted by Crippen LogP contribution is -2.31. The number of hydrogen-bond acceptors (Lipinski definition) is 5. The van der Waals surface area contributed by atoms with Gasteiger partial charge in [-0.1, -0.05) is 0 Å². The second-order valence-electron chi connectivity index (χ2n) is 4.85. The number of likely N-dealkylation sites (N-methyl/N-ethyl adjacent to an activating group) is 2. The number of halogens is 1. The highest BCUT2D eigenvalue weighted by Crippen LogP contribution is 2.15. The van der Waals surface area contributed by atoms with Gasteiger partial charge in [0.2, 0.25) is 5.91 Å². The Balaban J connectivity index is 2.79. The van der Waals surface area contributed by atoms with Crippen LogP contribution in [0.25, 0.3) is 0 Å². The van der Waals surface area contributed by atoms with Crippen LogP contribution in [0.4, 0.5) is 5.69 Å². The maximum atomic E-state index is 12.1. The van der Waals surface area contributed by atoms with Gasteiger partial charge < -0.3 is 15.1 Å². The SMILES string of the molecule is CN(C)CCn1ncc(NCC(=O)N(C)C)c(Br)c1=O. The number of nitrogens with zero attached hydrogens (tertiary/aromatic N) is 4. The van der Waals surface area contributed by atoms with E-state index in [-0.39, 0.29) is 18.0 Å². The summed E-state index contributed by atoms with van der Waals surface area (Å²) in [5, 5.41) is 7.00. The molecular weight excluding hydrogens is 326 g/mol. The van der Waals surface area contributed by atoms with E-state index >= 15 is 0 Å². The number of hydrogen-bond donors (Lipinski definition) is 1. The van der Waals surface area contributed by atoms with Gasteiger partial charge in [0, 0.05) is 20.6 Å². The summed E-state index contributed by atoms with van der Waals surface area (Å²) in [5.41, 5.74) is 0.306. The van der Waals surface area contributed by atoms with Crippen LogP contribution in [0.1, 0.15) is 0 Å². The zero-order valence-electron chi connectivity index (χ0n) is 12.2. The predicted octanol–water partition coefficient (Wildman–Crippen LogP) is 0.0675. The number of nitrogens with one attached hydrogen (secondary N) is 1. The molecule has 0 bridgehead atoms. The Morgan fingerprint density at radius 2 is 2.05 bits per heavy atom. The van der Waals surface area contributed by atoms with Gasteiger partial charge in [-0.3, -0.25) is 9.59 Å². The predicted molar refractivity (Wildman–Crippen MR) is 81.9 cm³/mol. The minimum Gasteiger partial charge on any atom is -0.374 e. The van der Waals surface area contributed by atoms with Crippen molar-refractivity contribution in [3.63, 3.8) is 0 Å². The molecule has 0 aliphatic rings. The molecule has 7 nitrogen and oxygen atoms in total. The summed E-state index contributed by atoms with van der Waals surface area (Å²) in [6.45, 7) is 1.36. The van der Waals surface area contributed by atoms with Crippen molar-refractivity contribution in [3.8, 4) is 0 Å². The topological polar surface area (TPSA) is 70.5 Å². The van der Waals surface area contributed by atoms with Gasteiger partial charge in [0.15, 0.2) is 0 Å². The largest absolute Gasteiger partial charge is 0.374 e. The smallest absolute Gasteiger partial charge is 0.283 e. The molecule has 0 aliphatic heterocycles. The van der Waals surface area contributed by atoms with Gasteiger partial charge in [-0.2, -0.15) is 5.10 Å². The molecule has 0 saturated heterocycles. The Morgan fingerprint density at radius 1 is 1.40 bits per heavy atom. The Kier molecular flexibility index (Phi) is 6.15. The lowest BCUT2D eigenvalue weighted by Gasteiger charge is -2.14. The maximum Gasteiger partial charge on any atom is 0.283 e. The molecule has 1 heterocycles. The lowest BCUT2D eigenvalue weighted by atomic mass is 10.4. The van der Waals surface area contributed by atoms with Crippen LogP contribution in [-0.2, 0) is 11.3 Å². The monoisotopic (exact) mass is 345 g/mol. The summed E-state index contributed by atoms with van der Waals surface area (Å²) >= 11 is 3.25. The fourth-order valence-corrected chi connectivity index (χ4v) is 1.82. The number of carbonyl (C=O) groups excluding carboxylic acids is 1. The van der Waals surface area contributed by atoms with Crippen molar-refractivity contribution in [1.29, 1.82) is 0 Å². The fraction of sp³-hybridized carbons (Fsp3) is 0.583. The first-order valence-electron chi connectivity index (χ1n) is 6.17. The second kappa shape index (κ2) is 7.39. The molecule has 0 aromatic carbocycles. The van der Waals surface area contributed by atoms with Crippen molar-refractivity contribution >= 4 is 27.5 Å². The van der Waals surface area contributed by atoms with Crippen LogP contribution in [0, 0.1) is 0 Å². The minimum absolute atomic E-state index is 0.0753. The molecule has 0 spiro atoms. The maximum absolute atomic E-state index is 12.1. The summed E-state index contributed by atoms with van der Waals surface area (Å²) in [6, 6.07) is 0. The van der Waals surface area contributed by atoms with E-state index in [4.69, 9.17) is 0 Å². The molecule has 0 unspecified atom stereocenters. The number of rotatable bonds is 6. The molecular formula is C12H20BrN5O2. The van der Waals surface area contributed by atoms with Gasteiger partial charge in [-0.25, -0.2) is 4.68 Å². The average Bonchev–Trinajstić information content (AvgIpc) is 2.38. The molecule has 1 aromatic heterocycles.